The fourth-order valence-electron chi connectivity index (χ4n) is 2.01. The van der Waals surface area contributed by atoms with Crippen LogP contribution < -0.4 is 5.32 Å². The van der Waals surface area contributed by atoms with Gasteiger partial charge in [-0.3, -0.25) is 4.68 Å². The largest absolute Gasteiger partial charge is 0.319 e. The molecule has 0 saturated carbocycles. The van der Waals surface area contributed by atoms with Gasteiger partial charge in [0.2, 0.25) is 0 Å². The maximum atomic E-state index is 11.8. The van der Waals surface area contributed by atoms with E-state index in [4.69, 9.17) is 0 Å². The van der Waals surface area contributed by atoms with E-state index < -0.39 is 9.84 Å². The Kier molecular flexibility index (Phi) is 5.55. The van der Waals surface area contributed by atoms with Crippen molar-refractivity contribution in [2.45, 2.75) is 45.9 Å². The molecule has 0 amide bonds. The van der Waals surface area contributed by atoms with E-state index in [1.807, 2.05) is 25.6 Å². The average molecular weight is 287 g/mol. The molecule has 1 rings (SSSR count). The molecule has 19 heavy (non-hydrogen) atoms. The minimum atomic E-state index is -3.01. The first-order valence-electron chi connectivity index (χ1n) is 6.68. The molecule has 1 aromatic heterocycles. The molecule has 0 aliphatic heterocycles. The molecule has 0 bridgehead atoms. The Morgan fingerprint density at radius 1 is 1.32 bits per heavy atom. The van der Waals surface area contributed by atoms with E-state index in [0.29, 0.717) is 6.54 Å². The SMILES string of the molecule is CNCCc1c(C)nn(CCS(=O)(=O)C(C)C)c1C. The van der Waals surface area contributed by atoms with Crippen molar-refractivity contribution in [2.75, 3.05) is 19.3 Å². The summed E-state index contributed by atoms with van der Waals surface area (Å²) in [6.45, 7) is 8.76. The van der Waals surface area contributed by atoms with Crippen LogP contribution >= 0.6 is 0 Å². The summed E-state index contributed by atoms with van der Waals surface area (Å²) in [4.78, 5) is 0. The van der Waals surface area contributed by atoms with E-state index in [1.54, 1.807) is 13.8 Å². The molecule has 0 unspecified atom stereocenters. The molecule has 0 fully saturated rings. The summed E-state index contributed by atoms with van der Waals surface area (Å²) in [5, 5.41) is 7.24. The summed E-state index contributed by atoms with van der Waals surface area (Å²) < 4.78 is 25.5. The lowest BCUT2D eigenvalue weighted by molar-refractivity contribution is 0.568. The molecule has 0 saturated heterocycles. The number of sulfone groups is 1. The van der Waals surface area contributed by atoms with Gasteiger partial charge in [-0.1, -0.05) is 0 Å². The molecule has 1 N–H and O–H groups in total. The van der Waals surface area contributed by atoms with Crippen LogP contribution in [0.2, 0.25) is 0 Å². The zero-order valence-electron chi connectivity index (χ0n) is 12.5. The van der Waals surface area contributed by atoms with Crippen molar-refractivity contribution in [1.29, 1.82) is 0 Å². The fraction of sp³-hybridized carbons (Fsp3) is 0.769. The Hall–Kier alpha value is -0.880. The monoisotopic (exact) mass is 287 g/mol. The molecular weight excluding hydrogens is 262 g/mol. The summed E-state index contributed by atoms with van der Waals surface area (Å²) in [6, 6.07) is 0. The number of aryl methyl sites for hydroxylation is 2. The molecule has 0 aliphatic carbocycles. The second-order valence-corrected chi connectivity index (χ2v) is 7.82. The normalized spacial score (nSPS) is 12.3. The summed E-state index contributed by atoms with van der Waals surface area (Å²) in [6.07, 6.45) is 0.922. The topological polar surface area (TPSA) is 64.0 Å². The molecule has 1 heterocycles. The van der Waals surface area contributed by atoms with Gasteiger partial charge in [-0.05, 0) is 53.3 Å². The molecule has 6 heteroatoms. The van der Waals surface area contributed by atoms with E-state index in [0.717, 1.165) is 24.4 Å². The summed E-state index contributed by atoms with van der Waals surface area (Å²) in [5.41, 5.74) is 3.29. The number of rotatable bonds is 7. The molecule has 5 nitrogen and oxygen atoms in total. The van der Waals surface area contributed by atoms with Gasteiger partial charge in [0.25, 0.3) is 0 Å². The molecule has 0 aliphatic rings. The molecule has 110 valence electrons. The van der Waals surface area contributed by atoms with Crippen LogP contribution in [0, 0.1) is 13.8 Å². The van der Waals surface area contributed by atoms with Gasteiger partial charge >= 0.3 is 0 Å². The van der Waals surface area contributed by atoms with E-state index in [-0.39, 0.29) is 11.0 Å². The Morgan fingerprint density at radius 3 is 2.47 bits per heavy atom. The van der Waals surface area contributed by atoms with Crippen LogP contribution in [0.15, 0.2) is 0 Å². The van der Waals surface area contributed by atoms with Crippen LogP contribution in [0.4, 0.5) is 0 Å². The first-order valence-corrected chi connectivity index (χ1v) is 8.40. The number of hydrogen-bond acceptors (Lipinski definition) is 4. The number of nitrogens with zero attached hydrogens (tertiary/aromatic N) is 2. The molecule has 0 spiro atoms. The fourth-order valence-corrected chi connectivity index (χ4v) is 2.91. The van der Waals surface area contributed by atoms with Crippen molar-refractivity contribution >= 4 is 9.84 Å². The Labute approximate surface area is 116 Å². The first kappa shape index (κ1) is 16.2. The second-order valence-electron chi connectivity index (χ2n) is 5.14. The third-order valence-corrected chi connectivity index (χ3v) is 5.65. The van der Waals surface area contributed by atoms with Gasteiger partial charge in [0.15, 0.2) is 9.84 Å². The third-order valence-electron chi connectivity index (χ3n) is 3.46. The predicted octanol–water partition coefficient (Wildman–Crippen LogP) is 1.09. The Morgan fingerprint density at radius 2 is 1.95 bits per heavy atom. The highest BCUT2D eigenvalue weighted by atomic mass is 32.2. The molecule has 0 radical (unpaired) electrons. The van der Waals surface area contributed by atoms with Gasteiger partial charge < -0.3 is 5.32 Å². The number of hydrogen-bond donors (Lipinski definition) is 1. The van der Waals surface area contributed by atoms with Crippen LogP contribution in [0.1, 0.15) is 30.8 Å². The quantitative estimate of drug-likeness (QED) is 0.815. The van der Waals surface area contributed by atoms with Crippen molar-refractivity contribution in [1.82, 2.24) is 15.1 Å². The second kappa shape index (κ2) is 6.52. The first-order chi connectivity index (χ1) is 8.79. The van der Waals surface area contributed by atoms with Crippen LogP contribution in [0.3, 0.4) is 0 Å². The number of aromatic nitrogens is 2. The van der Waals surface area contributed by atoms with Crippen molar-refractivity contribution in [3.63, 3.8) is 0 Å². The smallest absolute Gasteiger partial charge is 0.154 e. The zero-order chi connectivity index (χ0) is 14.6. The van der Waals surface area contributed by atoms with Crippen molar-refractivity contribution in [2.24, 2.45) is 0 Å². The van der Waals surface area contributed by atoms with Gasteiger partial charge in [0.1, 0.15) is 0 Å². The van der Waals surface area contributed by atoms with E-state index in [9.17, 15) is 8.42 Å². The van der Waals surface area contributed by atoms with Gasteiger partial charge in [-0.25, -0.2) is 8.42 Å². The number of likely N-dealkylation sites (N-methyl/N-ethyl adjacent to an activating group) is 1. The van der Waals surface area contributed by atoms with E-state index in [1.165, 1.54) is 5.56 Å². The lowest BCUT2D eigenvalue weighted by atomic mass is 10.1. The van der Waals surface area contributed by atoms with Crippen LogP contribution in [-0.4, -0.2) is 42.8 Å². The molecule has 1 aromatic rings. The van der Waals surface area contributed by atoms with Crippen LogP contribution in [-0.2, 0) is 22.8 Å². The van der Waals surface area contributed by atoms with Gasteiger partial charge in [0, 0.05) is 5.69 Å². The Balaban J connectivity index is 2.81. The van der Waals surface area contributed by atoms with Gasteiger partial charge in [-0.15, -0.1) is 0 Å². The summed E-state index contributed by atoms with van der Waals surface area (Å²) in [7, 11) is -1.09. The third kappa shape index (κ3) is 4.04. The van der Waals surface area contributed by atoms with E-state index >= 15 is 0 Å². The van der Waals surface area contributed by atoms with Gasteiger partial charge in [0.05, 0.1) is 23.2 Å². The molecular formula is C13H25N3O2S. The molecule has 0 aromatic carbocycles. The van der Waals surface area contributed by atoms with E-state index in [2.05, 4.69) is 10.4 Å². The zero-order valence-corrected chi connectivity index (χ0v) is 13.3. The average Bonchev–Trinajstić information content (AvgIpc) is 2.60. The van der Waals surface area contributed by atoms with Gasteiger partial charge in [-0.2, -0.15) is 5.10 Å². The highest BCUT2D eigenvalue weighted by Crippen LogP contribution is 2.14. The maximum absolute atomic E-state index is 11.8. The van der Waals surface area contributed by atoms with Crippen molar-refractivity contribution in [3.05, 3.63) is 17.0 Å². The summed E-state index contributed by atoms with van der Waals surface area (Å²) >= 11 is 0. The highest BCUT2D eigenvalue weighted by molar-refractivity contribution is 7.91. The maximum Gasteiger partial charge on any atom is 0.154 e. The minimum absolute atomic E-state index is 0.151. The lowest BCUT2D eigenvalue weighted by Gasteiger charge is -2.09. The summed E-state index contributed by atoms with van der Waals surface area (Å²) in [5.74, 6) is 0.151. The standard InChI is InChI=1S/C13H25N3O2S/c1-10(2)19(17,18)9-8-16-12(4)13(6-7-14-5)11(3)15-16/h10,14H,6-9H2,1-5H3. The highest BCUT2D eigenvalue weighted by Gasteiger charge is 2.18. The Bertz CT molecular complexity index is 518. The lowest BCUT2D eigenvalue weighted by Crippen LogP contribution is -2.22. The minimum Gasteiger partial charge on any atom is -0.319 e. The predicted molar refractivity (Wildman–Crippen MR) is 78.3 cm³/mol. The van der Waals surface area contributed by atoms with Crippen LogP contribution in [0.5, 0.6) is 0 Å². The number of nitrogens with one attached hydrogen (secondary N) is 1. The van der Waals surface area contributed by atoms with Crippen molar-refractivity contribution in [3.8, 4) is 0 Å². The van der Waals surface area contributed by atoms with Crippen LogP contribution in [0.25, 0.3) is 0 Å². The van der Waals surface area contributed by atoms with Crippen molar-refractivity contribution < 1.29 is 8.42 Å². The molecule has 0 atom stereocenters.